The molecule has 2 aromatic carbocycles. The van der Waals surface area contributed by atoms with Gasteiger partial charge in [-0.1, -0.05) is 25.0 Å². The number of hydrogen-bond acceptors (Lipinski definition) is 7. The van der Waals surface area contributed by atoms with E-state index in [0.29, 0.717) is 35.5 Å². The minimum Gasteiger partial charge on any atom is -0.493 e. The lowest BCUT2D eigenvalue weighted by atomic mass is 10.1. The Morgan fingerprint density at radius 3 is 2.08 bits per heavy atom. The lowest BCUT2D eigenvalue weighted by molar-refractivity contribution is -0.139. The molecule has 1 atom stereocenters. The van der Waals surface area contributed by atoms with Crippen molar-refractivity contribution < 1.29 is 33.4 Å². The lowest BCUT2D eigenvalue weighted by Crippen LogP contribution is -2.40. The quantitative estimate of drug-likeness (QED) is 0.429. The lowest BCUT2D eigenvalue weighted by Gasteiger charge is -2.24. The highest BCUT2D eigenvalue weighted by Crippen LogP contribution is 2.35. The van der Waals surface area contributed by atoms with E-state index in [1.165, 1.54) is 26.4 Å². The van der Waals surface area contributed by atoms with Crippen LogP contribution in [0.1, 0.15) is 69.2 Å². The Bertz CT molecular complexity index is 1150. The van der Waals surface area contributed by atoms with Crippen molar-refractivity contribution in [2.75, 3.05) is 27.3 Å². The Labute approximate surface area is 209 Å². The van der Waals surface area contributed by atoms with Gasteiger partial charge in [0.05, 0.1) is 37.5 Å². The maximum atomic E-state index is 13.0. The normalized spacial score (nSPS) is 16.3. The molecule has 1 fully saturated rings. The van der Waals surface area contributed by atoms with Crippen molar-refractivity contribution >= 4 is 23.7 Å². The first kappa shape index (κ1) is 25.2. The monoisotopic (exact) mass is 494 g/mol. The highest BCUT2D eigenvalue weighted by atomic mass is 16.5. The van der Waals surface area contributed by atoms with Crippen molar-refractivity contribution in [3.8, 4) is 11.5 Å². The van der Waals surface area contributed by atoms with Gasteiger partial charge in [-0.2, -0.15) is 0 Å². The third kappa shape index (κ3) is 4.91. The van der Waals surface area contributed by atoms with Crippen LogP contribution in [0.4, 0.5) is 0 Å². The molecule has 9 nitrogen and oxygen atoms in total. The molecule has 2 heterocycles. The van der Waals surface area contributed by atoms with Crippen LogP contribution < -0.4 is 9.47 Å². The predicted octanol–water partition coefficient (Wildman–Crippen LogP) is 3.45. The molecule has 2 aliphatic heterocycles. The van der Waals surface area contributed by atoms with E-state index in [9.17, 15) is 19.2 Å². The first-order chi connectivity index (χ1) is 17.3. The second-order valence-corrected chi connectivity index (χ2v) is 8.90. The van der Waals surface area contributed by atoms with Gasteiger partial charge in [-0.15, -0.1) is 0 Å². The van der Waals surface area contributed by atoms with Crippen LogP contribution in [-0.4, -0.2) is 66.9 Å². The molecule has 0 bridgehead atoms. The van der Waals surface area contributed by atoms with E-state index in [4.69, 9.17) is 14.2 Å². The fraction of sp³-hybridized carbons (Fsp3) is 0.407. The van der Waals surface area contributed by atoms with E-state index in [1.807, 2.05) is 0 Å². The first-order valence-electron chi connectivity index (χ1n) is 12.1. The van der Waals surface area contributed by atoms with Gasteiger partial charge in [0.15, 0.2) is 17.6 Å². The molecule has 2 aliphatic rings. The van der Waals surface area contributed by atoms with Crippen molar-refractivity contribution in [2.45, 2.75) is 45.3 Å². The van der Waals surface area contributed by atoms with Gasteiger partial charge in [0.2, 0.25) is 0 Å². The summed E-state index contributed by atoms with van der Waals surface area (Å²) in [6.45, 7) is 2.74. The summed E-state index contributed by atoms with van der Waals surface area (Å²) < 4.78 is 16.4. The Morgan fingerprint density at radius 1 is 0.917 bits per heavy atom. The number of carbonyl (C=O) groups excluding carboxylic acids is 4. The zero-order valence-electron chi connectivity index (χ0n) is 20.7. The van der Waals surface area contributed by atoms with Crippen LogP contribution in [0.2, 0.25) is 0 Å². The summed E-state index contributed by atoms with van der Waals surface area (Å²) in [4.78, 5) is 54.5. The number of nitrogens with zero attached hydrogens (tertiary/aromatic N) is 2. The zero-order valence-corrected chi connectivity index (χ0v) is 20.7. The fourth-order valence-corrected chi connectivity index (χ4v) is 4.66. The number of ether oxygens (including phenoxy) is 3. The van der Waals surface area contributed by atoms with E-state index in [2.05, 4.69) is 0 Å². The fourth-order valence-electron chi connectivity index (χ4n) is 4.66. The number of benzene rings is 2. The summed E-state index contributed by atoms with van der Waals surface area (Å²) in [7, 11) is 2.86. The van der Waals surface area contributed by atoms with E-state index >= 15 is 0 Å². The van der Waals surface area contributed by atoms with Gasteiger partial charge in [0.25, 0.3) is 17.7 Å². The molecule has 0 unspecified atom stereocenters. The van der Waals surface area contributed by atoms with Crippen molar-refractivity contribution in [1.29, 1.82) is 0 Å². The number of fused-ring (bicyclic) bond motifs is 1. The highest BCUT2D eigenvalue weighted by Gasteiger charge is 2.36. The number of amides is 3. The maximum Gasteiger partial charge on any atom is 0.339 e. The van der Waals surface area contributed by atoms with E-state index in [0.717, 1.165) is 30.6 Å². The number of likely N-dealkylation sites (tertiary alicyclic amines) is 1. The number of esters is 1. The molecule has 0 radical (unpaired) electrons. The molecule has 4 rings (SSSR count). The minimum absolute atomic E-state index is 0.120. The zero-order chi connectivity index (χ0) is 25.8. The van der Waals surface area contributed by atoms with E-state index < -0.39 is 23.9 Å². The molecule has 3 amide bonds. The maximum absolute atomic E-state index is 13.0. The molecular weight excluding hydrogens is 464 g/mol. The van der Waals surface area contributed by atoms with Crippen LogP contribution in [-0.2, 0) is 16.1 Å². The van der Waals surface area contributed by atoms with Crippen LogP contribution in [0, 0.1) is 0 Å². The van der Waals surface area contributed by atoms with E-state index in [1.54, 1.807) is 36.1 Å². The molecule has 2 aromatic rings. The molecule has 0 spiro atoms. The standard InChI is InChI=1S/C27H30N2O7/c1-17(24(30)28-12-8-4-5-9-13-28)36-27(33)18-14-19(23(35-3)22(15-18)34-2)16-29-25(31)20-10-6-7-11-21(20)26(29)32/h6-7,10-11,14-15,17H,4-5,8-9,12-13,16H2,1-3H3/t17-/m1/s1. The topological polar surface area (TPSA) is 102 Å². The first-order valence-corrected chi connectivity index (χ1v) is 12.1. The number of imide groups is 1. The summed E-state index contributed by atoms with van der Waals surface area (Å²) in [5.74, 6) is -1.26. The Balaban J connectivity index is 1.56. The van der Waals surface area contributed by atoms with Crippen LogP contribution in [0.25, 0.3) is 0 Å². The SMILES string of the molecule is COc1cc(C(=O)O[C@H](C)C(=O)N2CCCCCC2)cc(CN2C(=O)c3ccccc3C2=O)c1OC. The second-order valence-electron chi connectivity index (χ2n) is 8.90. The molecule has 1 saturated heterocycles. The van der Waals surface area contributed by atoms with Crippen molar-refractivity contribution in [2.24, 2.45) is 0 Å². The predicted molar refractivity (Wildman–Crippen MR) is 130 cm³/mol. The number of rotatable bonds is 7. The summed E-state index contributed by atoms with van der Waals surface area (Å²) in [5.41, 5.74) is 1.16. The molecule has 0 aromatic heterocycles. The van der Waals surface area contributed by atoms with Gasteiger partial charge in [0, 0.05) is 18.7 Å². The molecule has 36 heavy (non-hydrogen) atoms. The van der Waals surface area contributed by atoms with Gasteiger partial charge in [-0.25, -0.2) is 4.79 Å². The molecule has 190 valence electrons. The smallest absolute Gasteiger partial charge is 0.339 e. The third-order valence-electron chi connectivity index (χ3n) is 6.55. The van der Waals surface area contributed by atoms with Crippen LogP contribution in [0.5, 0.6) is 11.5 Å². The van der Waals surface area contributed by atoms with Gasteiger partial charge in [-0.05, 0) is 44.0 Å². The average molecular weight is 495 g/mol. The highest BCUT2D eigenvalue weighted by molar-refractivity contribution is 6.21. The van der Waals surface area contributed by atoms with Crippen molar-refractivity contribution in [1.82, 2.24) is 9.80 Å². The van der Waals surface area contributed by atoms with Crippen LogP contribution in [0.15, 0.2) is 36.4 Å². The third-order valence-corrected chi connectivity index (χ3v) is 6.55. The Morgan fingerprint density at radius 2 is 1.53 bits per heavy atom. The molecular formula is C27H30N2O7. The Hall–Kier alpha value is -3.88. The van der Waals surface area contributed by atoms with Gasteiger partial charge >= 0.3 is 5.97 Å². The van der Waals surface area contributed by atoms with Crippen molar-refractivity contribution in [3.05, 3.63) is 58.7 Å². The minimum atomic E-state index is -0.955. The van der Waals surface area contributed by atoms with Gasteiger partial charge < -0.3 is 19.1 Å². The average Bonchev–Trinajstić information content (AvgIpc) is 3.07. The molecule has 0 saturated carbocycles. The van der Waals surface area contributed by atoms with Crippen LogP contribution >= 0.6 is 0 Å². The molecule has 0 N–H and O–H groups in total. The van der Waals surface area contributed by atoms with Gasteiger partial charge in [0.1, 0.15) is 0 Å². The van der Waals surface area contributed by atoms with E-state index in [-0.39, 0.29) is 23.8 Å². The number of methoxy groups -OCH3 is 2. The second kappa shape index (κ2) is 10.8. The Kier molecular flexibility index (Phi) is 7.57. The number of hydrogen-bond donors (Lipinski definition) is 0. The summed E-state index contributed by atoms with van der Waals surface area (Å²) in [6, 6.07) is 9.55. The number of carbonyl (C=O) groups is 4. The largest absolute Gasteiger partial charge is 0.493 e. The summed E-state index contributed by atoms with van der Waals surface area (Å²) >= 11 is 0. The van der Waals surface area contributed by atoms with Gasteiger partial charge in [-0.3, -0.25) is 19.3 Å². The van der Waals surface area contributed by atoms with Crippen LogP contribution in [0.3, 0.4) is 0 Å². The molecule has 0 aliphatic carbocycles. The summed E-state index contributed by atoms with van der Waals surface area (Å²) in [5, 5.41) is 0. The summed E-state index contributed by atoms with van der Waals surface area (Å²) in [6.07, 6.45) is 3.08. The van der Waals surface area contributed by atoms with Crippen molar-refractivity contribution in [3.63, 3.8) is 0 Å². The molecule has 9 heteroatoms.